The number of amides is 1. The Labute approximate surface area is 166 Å². The molecule has 0 aliphatic carbocycles. The van der Waals surface area contributed by atoms with E-state index < -0.39 is 6.04 Å². The van der Waals surface area contributed by atoms with Crippen LogP contribution in [-0.2, 0) is 18.4 Å². The van der Waals surface area contributed by atoms with Gasteiger partial charge < -0.3 is 9.88 Å². The van der Waals surface area contributed by atoms with Crippen molar-refractivity contribution in [2.24, 2.45) is 7.05 Å². The van der Waals surface area contributed by atoms with Crippen molar-refractivity contribution >= 4 is 5.91 Å². The van der Waals surface area contributed by atoms with E-state index in [-0.39, 0.29) is 18.3 Å². The molecule has 2 heterocycles. The number of benzene rings is 2. The third-order valence-electron chi connectivity index (χ3n) is 4.40. The summed E-state index contributed by atoms with van der Waals surface area (Å²) in [5.41, 5.74) is 1.53. The number of nitrogens with one attached hydrogen (secondary N) is 1. The fraction of sp³-hybridized carbons (Fsp3) is 0.150. The van der Waals surface area contributed by atoms with Crippen LogP contribution >= 0.6 is 0 Å². The Morgan fingerprint density at radius 1 is 1.14 bits per heavy atom. The minimum Gasteiger partial charge on any atom is -0.340 e. The molecule has 0 saturated carbocycles. The van der Waals surface area contributed by atoms with E-state index in [1.54, 1.807) is 18.3 Å². The summed E-state index contributed by atoms with van der Waals surface area (Å²) in [6.07, 6.45) is 3.51. The molecule has 1 atom stereocenters. The van der Waals surface area contributed by atoms with Gasteiger partial charge in [-0.15, -0.1) is 10.2 Å². The summed E-state index contributed by atoms with van der Waals surface area (Å²) in [6, 6.07) is 14.9. The first kappa shape index (κ1) is 18.5. The van der Waals surface area contributed by atoms with Gasteiger partial charge in [0.25, 0.3) is 0 Å². The van der Waals surface area contributed by atoms with Gasteiger partial charge in [-0.1, -0.05) is 30.3 Å². The first-order valence-electron chi connectivity index (χ1n) is 8.95. The largest absolute Gasteiger partial charge is 0.340 e. The molecule has 2 aromatic carbocycles. The Morgan fingerprint density at radius 2 is 1.90 bits per heavy atom. The van der Waals surface area contributed by atoms with Gasteiger partial charge in [0.1, 0.15) is 24.2 Å². The maximum absolute atomic E-state index is 13.1. The van der Waals surface area contributed by atoms with Crippen molar-refractivity contribution in [3.05, 3.63) is 84.2 Å². The Morgan fingerprint density at radius 3 is 2.59 bits per heavy atom. The van der Waals surface area contributed by atoms with Gasteiger partial charge in [0.2, 0.25) is 11.7 Å². The maximum atomic E-state index is 13.1. The predicted molar refractivity (Wildman–Crippen MR) is 103 cm³/mol. The van der Waals surface area contributed by atoms with Gasteiger partial charge in [0.05, 0.1) is 0 Å². The second-order valence-electron chi connectivity index (χ2n) is 6.46. The maximum Gasteiger partial charge on any atom is 0.244 e. The molecule has 0 aliphatic heterocycles. The lowest BCUT2D eigenvalue weighted by Crippen LogP contribution is -2.34. The number of imidazole rings is 1. The van der Waals surface area contributed by atoms with Crippen molar-refractivity contribution in [2.75, 3.05) is 0 Å². The molecule has 1 amide bonds. The third-order valence-corrected chi connectivity index (χ3v) is 4.40. The average molecular weight is 391 g/mol. The molecule has 2 aromatic heterocycles. The van der Waals surface area contributed by atoms with Gasteiger partial charge in [0.15, 0.2) is 0 Å². The lowest BCUT2D eigenvalue weighted by molar-refractivity contribution is -0.122. The van der Waals surface area contributed by atoms with Crippen LogP contribution in [0.15, 0.2) is 67.0 Å². The molecule has 0 aliphatic rings. The Hall–Kier alpha value is -3.88. The quantitative estimate of drug-likeness (QED) is 0.544. The van der Waals surface area contributed by atoms with Crippen LogP contribution in [-0.4, -0.2) is 35.7 Å². The van der Waals surface area contributed by atoms with Crippen molar-refractivity contribution < 1.29 is 9.18 Å². The van der Waals surface area contributed by atoms with Gasteiger partial charge in [-0.3, -0.25) is 4.79 Å². The highest BCUT2D eigenvalue weighted by Gasteiger charge is 2.21. The molecule has 1 unspecified atom stereocenters. The molecule has 146 valence electrons. The van der Waals surface area contributed by atoms with Crippen molar-refractivity contribution in [1.29, 1.82) is 0 Å². The first-order chi connectivity index (χ1) is 14.1. The van der Waals surface area contributed by atoms with E-state index in [9.17, 15) is 9.18 Å². The molecule has 0 spiro atoms. The molecular formula is C20H18FN7O. The van der Waals surface area contributed by atoms with E-state index in [4.69, 9.17) is 0 Å². The molecule has 8 nitrogen and oxygen atoms in total. The van der Waals surface area contributed by atoms with E-state index in [0.29, 0.717) is 17.2 Å². The third kappa shape index (κ3) is 4.18. The molecule has 29 heavy (non-hydrogen) atoms. The number of aromatic nitrogens is 6. The molecule has 9 heteroatoms. The van der Waals surface area contributed by atoms with Crippen molar-refractivity contribution in [1.82, 2.24) is 35.1 Å². The number of hydrogen-bond acceptors (Lipinski definition) is 5. The number of halogens is 1. The summed E-state index contributed by atoms with van der Waals surface area (Å²) in [4.78, 5) is 18.2. The number of hydrogen-bond donors (Lipinski definition) is 1. The van der Waals surface area contributed by atoms with Crippen LogP contribution < -0.4 is 5.32 Å². The summed E-state index contributed by atoms with van der Waals surface area (Å²) in [6.45, 7) is -0.109. The first-order valence-corrected chi connectivity index (χ1v) is 8.95. The van der Waals surface area contributed by atoms with E-state index in [1.165, 1.54) is 16.9 Å². The number of aryl methyl sites for hydroxylation is 1. The Balaban J connectivity index is 1.50. The number of rotatable bonds is 6. The molecule has 0 saturated heterocycles. The highest BCUT2D eigenvalue weighted by atomic mass is 19.1. The highest BCUT2D eigenvalue weighted by molar-refractivity contribution is 5.76. The molecule has 4 aromatic rings. The van der Waals surface area contributed by atoms with Gasteiger partial charge >= 0.3 is 0 Å². The predicted octanol–water partition coefficient (Wildman–Crippen LogP) is 2.12. The second-order valence-corrected chi connectivity index (χ2v) is 6.46. The zero-order chi connectivity index (χ0) is 20.2. The standard InChI is InChI=1S/C20H18FN7O/c1-27-12-11-22-20(27)18(14-5-3-2-4-6-14)23-17(29)13-28-25-19(24-26-28)15-7-9-16(21)10-8-15/h2-12,18H,13H2,1H3,(H,23,29). The molecule has 0 radical (unpaired) electrons. The molecule has 0 fully saturated rings. The summed E-state index contributed by atoms with van der Waals surface area (Å²) in [5.74, 6) is 0.399. The van der Waals surface area contributed by atoms with Crippen molar-refractivity contribution in [3.8, 4) is 11.4 Å². The van der Waals surface area contributed by atoms with Gasteiger partial charge in [0, 0.05) is 25.0 Å². The second kappa shape index (κ2) is 8.01. The summed E-state index contributed by atoms with van der Waals surface area (Å²) < 4.78 is 14.9. The number of carbonyl (C=O) groups excluding carboxylic acids is 1. The van der Waals surface area contributed by atoms with Crippen LogP contribution in [0, 0.1) is 5.82 Å². The minimum atomic E-state index is -0.413. The van der Waals surface area contributed by atoms with Crippen LogP contribution in [0.25, 0.3) is 11.4 Å². The zero-order valence-corrected chi connectivity index (χ0v) is 15.6. The fourth-order valence-electron chi connectivity index (χ4n) is 2.96. The highest BCUT2D eigenvalue weighted by Crippen LogP contribution is 2.20. The number of carbonyl (C=O) groups is 1. The fourth-order valence-corrected chi connectivity index (χ4v) is 2.96. The van der Waals surface area contributed by atoms with Crippen molar-refractivity contribution in [3.63, 3.8) is 0 Å². The average Bonchev–Trinajstić information content (AvgIpc) is 3.36. The van der Waals surface area contributed by atoms with E-state index in [2.05, 4.69) is 25.7 Å². The summed E-state index contributed by atoms with van der Waals surface area (Å²) in [7, 11) is 1.87. The Bertz CT molecular complexity index is 1110. The van der Waals surface area contributed by atoms with Crippen LogP contribution in [0.2, 0.25) is 0 Å². The van der Waals surface area contributed by atoms with Crippen LogP contribution in [0.4, 0.5) is 4.39 Å². The summed E-state index contributed by atoms with van der Waals surface area (Å²) >= 11 is 0. The lowest BCUT2D eigenvalue weighted by atomic mass is 10.1. The molecular weight excluding hydrogens is 373 g/mol. The molecule has 0 bridgehead atoms. The van der Waals surface area contributed by atoms with E-state index in [0.717, 1.165) is 5.56 Å². The zero-order valence-electron chi connectivity index (χ0n) is 15.6. The van der Waals surface area contributed by atoms with Crippen LogP contribution in [0.5, 0.6) is 0 Å². The number of tetrazole rings is 1. The lowest BCUT2D eigenvalue weighted by Gasteiger charge is -2.19. The van der Waals surface area contributed by atoms with Gasteiger partial charge in [-0.25, -0.2) is 9.37 Å². The SMILES string of the molecule is Cn1ccnc1C(NC(=O)Cn1nnc(-c2ccc(F)cc2)n1)c1ccccc1. The van der Waals surface area contributed by atoms with Crippen LogP contribution in [0.3, 0.4) is 0 Å². The summed E-state index contributed by atoms with van der Waals surface area (Å²) in [5, 5.41) is 15.0. The Kier molecular flexibility index (Phi) is 5.10. The van der Waals surface area contributed by atoms with E-state index in [1.807, 2.05) is 48.1 Å². The van der Waals surface area contributed by atoms with Crippen molar-refractivity contribution in [2.45, 2.75) is 12.6 Å². The van der Waals surface area contributed by atoms with Gasteiger partial charge in [-0.2, -0.15) is 4.80 Å². The number of nitrogens with zero attached hydrogens (tertiary/aromatic N) is 6. The molecule has 1 N–H and O–H groups in total. The van der Waals surface area contributed by atoms with Crippen LogP contribution in [0.1, 0.15) is 17.4 Å². The molecule has 4 rings (SSSR count). The smallest absolute Gasteiger partial charge is 0.244 e. The topological polar surface area (TPSA) is 90.5 Å². The van der Waals surface area contributed by atoms with Gasteiger partial charge in [-0.05, 0) is 35.0 Å². The minimum absolute atomic E-state index is 0.109. The van der Waals surface area contributed by atoms with E-state index >= 15 is 0 Å². The normalized spacial score (nSPS) is 11.9. The monoisotopic (exact) mass is 391 g/mol.